The van der Waals surface area contributed by atoms with Crippen molar-refractivity contribution in [2.45, 2.75) is 0 Å². The van der Waals surface area contributed by atoms with Gasteiger partial charge in [0.2, 0.25) is 0 Å². The first-order valence-corrected chi connectivity index (χ1v) is 13.4. The molecule has 7 aromatic rings. The van der Waals surface area contributed by atoms with Gasteiger partial charge in [-0.05, 0) is 0 Å². The minimum absolute atomic E-state index is 0.162. The third-order valence-electron chi connectivity index (χ3n) is 6.48. The van der Waals surface area contributed by atoms with Crippen LogP contribution in [0.2, 0.25) is 0 Å². The van der Waals surface area contributed by atoms with E-state index in [1.165, 1.54) is 36.0 Å². The van der Waals surface area contributed by atoms with Crippen molar-refractivity contribution in [3.63, 3.8) is 0 Å². The van der Waals surface area contributed by atoms with Gasteiger partial charge >= 0.3 is 210 Å². The summed E-state index contributed by atoms with van der Waals surface area (Å²) in [7, 11) is 0. The Morgan fingerprint density at radius 1 is 0.400 bits per heavy atom. The number of para-hydroxylation sites is 2. The van der Waals surface area contributed by atoms with E-state index in [0.29, 0.717) is 0 Å². The summed E-state index contributed by atoms with van der Waals surface area (Å²) >= 11 is 0.162. The average Bonchev–Trinajstić information content (AvgIpc) is 3.32. The molecule has 0 aliphatic heterocycles. The van der Waals surface area contributed by atoms with Crippen molar-refractivity contribution in [3.05, 3.63) is 121 Å². The first-order chi connectivity index (χ1) is 17.4. The van der Waals surface area contributed by atoms with Crippen LogP contribution in [0.15, 0.2) is 121 Å². The van der Waals surface area contributed by atoms with E-state index in [1.54, 1.807) is 0 Å². The van der Waals surface area contributed by atoms with E-state index in [4.69, 9.17) is 9.97 Å². The Morgan fingerprint density at radius 3 is 1.57 bits per heavy atom. The van der Waals surface area contributed by atoms with Crippen LogP contribution < -0.4 is 0 Å². The zero-order chi connectivity index (χ0) is 23.2. The number of aromatic nitrogens is 2. The molecule has 7 rings (SSSR count). The van der Waals surface area contributed by atoms with Gasteiger partial charge in [-0.15, -0.1) is 0 Å². The van der Waals surface area contributed by atoms with Gasteiger partial charge in [0.1, 0.15) is 0 Å². The van der Waals surface area contributed by atoms with Crippen molar-refractivity contribution in [1.82, 2.24) is 9.97 Å². The molecule has 2 nitrogen and oxygen atoms in total. The van der Waals surface area contributed by atoms with Crippen LogP contribution in [0.25, 0.3) is 64.0 Å². The molecule has 0 amide bonds. The second-order valence-electron chi connectivity index (χ2n) is 8.61. The third kappa shape index (κ3) is 3.40. The van der Waals surface area contributed by atoms with Crippen LogP contribution in [0.5, 0.6) is 0 Å². The molecule has 0 N–H and O–H groups in total. The van der Waals surface area contributed by atoms with Gasteiger partial charge in [0.15, 0.2) is 0 Å². The summed E-state index contributed by atoms with van der Waals surface area (Å²) < 4.78 is 2.84. The van der Waals surface area contributed by atoms with Gasteiger partial charge in [-0.3, -0.25) is 0 Å². The maximum absolute atomic E-state index is 5.19. The molecule has 0 aliphatic rings. The summed E-state index contributed by atoms with van der Waals surface area (Å²) in [5.74, 6) is 0. The Balaban J connectivity index is 1.55. The molecule has 35 heavy (non-hydrogen) atoms. The summed E-state index contributed by atoms with van der Waals surface area (Å²) in [5, 5.41) is 2.67. The summed E-state index contributed by atoms with van der Waals surface area (Å²) in [6.07, 6.45) is 0. The molecule has 3 heteroatoms. The summed E-state index contributed by atoms with van der Waals surface area (Å²) in [6.45, 7) is 0. The van der Waals surface area contributed by atoms with E-state index in [-0.39, 0.29) is 14.5 Å². The van der Waals surface area contributed by atoms with Crippen molar-refractivity contribution in [2.24, 2.45) is 0 Å². The molecule has 0 saturated heterocycles. The van der Waals surface area contributed by atoms with Crippen molar-refractivity contribution in [2.75, 3.05) is 0 Å². The standard InChI is InChI=1S/C32H20N2Se/c1-3-11-21(12-4-1)23-15-9-16-24-25-17-10-18-26(32(25)35-31(23)24)30-29(22-13-5-2-6-14-22)33-27-19-7-8-20-28(27)34-30/h1-20H. The van der Waals surface area contributed by atoms with Crippen LogP contribution in [0.4, 0.5) is 0 Å². The molecule has 0 spiro atoms. The Bertz CT molecular complexity index is 1840. The van der Waals surface area contributed by atoms with Gasteiger partial charge in [0.25, 0.3) is 0 Å². The molecule has 0 saturated carbocycles. The first kappa shape index (κ1) is 20.3. The molecular formula is C32H20N2Se. The van der Waals surface area contributed by atoms with Gasteiger partial charge < -0.3 is 0 Å². The molecule has 2 heterocycles. The van der Waals surface area contributed by atoms with Gasteiger partial charge in [-0.25, -0.2) is 0 Å². The zero-order valence-corrected chi connectivity index (χ0v) is 20.6. The van der Waals surface area contributed by atoms with Crippen LogP contribution in [0, 0.1) is 0 Å². The Morgan fingerprint density at radius 2 is 0.914 bits per heavy atom. The van der Waals surface area contributed by atoms with E-state index < -0.39 is 0 Å². The van der Waals surface area contributed by atoms with E-state index in [1.807, 2.05) is 24.3 Å². The molecule has 164 valence electrons. The van der Waals surface area contributed by atoms with Crippen LogP contribution in [0.1, 0.15) is 0 Å². The number of benzene rings is 5. The second-order valence-corrected chi connectivity index (χ2v) is 10.7. The molecule has 0 fully saturated rings. The fourth-order valence-electron chi connectivity index (χ4n) is 4.84. The van der Waals surface area contributed by atoms with Crippen LogP contribution >= 0.6 is 0 Å². The zero-order valence-electron chi connectivity index (χ0n) is 18.8. The molecule has 5 aromatic carbocycles. The number of nitrogens with zero attached hydrogens (tertiary/aromatic N) is 2. The Kier molecular flexibility index (Phi) is 4.83. The van der Waals surface area contributed by atoms with E-state index in [0.717, 1.165) is 28.0 Å². The van der Waals surface area contributed by atoms with Crippen molar-refractivity contribution >= 4 is 44.8 Å². The van der Waals surface area contributed by atoms with E-state index in [9.17, 15) is 0 Å². The fourth-order valence-corrected chi connectivity index (χ4v) is 7.67. The molecule has 0 atom stereocenters. The topological polar surface area (TPSA) is 25.8 Å². The average molecular weight is 511 g/mol. The maximum atomic E-state index is 5.19. The number of rotatable bonds is 3. The number of hydrogen-bond acceptors (Lipinski definition) is 2. The predicted molar refractivity (Wildman–Crippen MR) is 148 cm³/mol. The van der Waals surface area contributed by atoms with Gasteiger partial charge in [-0.2, -0.15) is 0 Å². The number of fused-ring (bicyclic) bond motifs is 4. The normalized spacial score (nSPS) is 11.4. The van der Waals surface area contributed by atoms with Crippen molar-refractivity contribution in [3.8, 4) is 33.6 Å². The van der Waals surface area contributed by atoms with Gasteiger partial charge in [0.05, 0.1) is 0 Å². The monoisotopic (exact) mass is 512 g/mol. The van der Waals surface area contributed by atoms with Crippen molar-refractivity contribution < 1.29 is 0 Å². The molecule has 0 bridgehead atoms. The molecule has 0 radical (unpaired) electrons. The van der Waals surface area contributed by atoms with Crippen LogP contribution in [-0.2, 0) is 0 Å². The summed E-state index contributed by atoms with van der Waals surface area (Å²) in [4.78, 5) is 10.3. The molecule has 0 unspecified atom stereocenters. The molecular weight excluding hydrogens is 491 g/mol. The van der Waals surface area contributed by atoms with Crippen LogP contribution in [-0.4, -0.2) is 24.5 Å². The fraction of sp³-hybridized carbons (Fsp3) is 0. The minimum atomic E-state index is 0.162. The second kappa shape index (κ2) is 8.32. The third-order valence-corrected chi connectivity index (χ3v) is 9.18. The molecule has 0 aliphatic carbocycles. The van der Waals surface area contributed by atoms with E-state index in [2.05, 4.69) is 97.1 Å². The Labute approximate surface area is 209 Å². The van der Waals surface area contributed by atoms with Crippen LogP contribution in [0.3, 0.4) is 0 Å². The summed E-state index contributed by atoms with van der Waals surface area (Å²) in [5.41, 5.74) is 8.63. The Hall–Kier alpha value is -4.04. The molecule has 2 aromatic heterocycles. The van der Waals surface area contributed by atoms with Gasteiger partial charge in [-0.1, -0.05) is 0 Å². The number of hydrogen-bond donors (Lipinski definition) is 0. The van der Waals surface area contributed by atoms with E-state index >= 15 is 0 Å². The first-order valence-electron chi connectivity index (χ1n) is 11.7. The van der Waals surface area contributed by atoms with Gasteiger partial charge in [0, 0.05) is 0 Å². The predicted octanol–water partition coefficient (Wildman–Crippen LogP) is 7.99. The van der Waals surface area contributed by atoms with Crippen molar-refractivity contribution in [1.29, 1.82) is 0 Å². The quantitative estimate of drug-likeness (QED) is 0.225. The summed E-state index contributed by atoms with van der Waals surface area (Å²) in [6, 6.07) is 42.7. The SMILES string of the molecule is c1ccc(-c2nc3ccccc3nc2-c2cccc3c2[se]c2c(-c4ccccc4)cccc23)cc1.